The number of hydrogen-bond acceptors (Lipinski definition) is 7. The molecule has 1 heterocycles. The highest BCUT2D eigenvalue weighted by Crippen LogP contribution is 2.10. The minimum Gasteiger partial charge on any atom is -0.469 e. The number of aromatic nitrogens is 3. The van der Waals surface area contributed by atoms with Crippen molar-refractivity contribution in [2.75, 3.05) is 18.6 Å². The first kappa shape index (κ1) is 27.2. The zero-order valence-corrected chi connectivity index (χ0v) is 19.6. The number of hydrogen-bond donors (Lipinski definition) is 2. The summed E-state index contributed by atoms with van der Waals surface area (Å²) in [6.07, 6.45) is 16.8. The lowest BCUT2D eigenvalue weighted by atomic mass is 10.1. The van der Waals surface area contributed by atoms with Gasteiger partial charge in [-0.05, 0) is 37.5 Å². The Morgan fingerprint density at radius 1 is 0.719 bits per heavy atom. The highest BCUT2D eigenvalue weighted by atomic mass is 16.5. The number of carbonyl (C=O) groups is 1. The second-order valence-electron chi connectivity index (χ2n) is 7.89. The number of esters is 1. The first-order chi connectivity index (χ1) is 15.6. The molecular formula is C25H39N5O2. The van der Waals surface area contributed by atoms with E-state index in [4.69, 9.17) is 11.5 Å². The lowest BCUT2D eigenvalue weighted by Crippen LogP contribution is -2.06. The van der Waals surface area contributed by atoms with Crippen LogP contribution >= 0.6 is 0 Å². The lowest BCUT2D eigenvalue weighted by Gasteiger charge is -2.02. The number of unbranched alkanes of at least 4 members (excludes halogenated alkanes) is 12. The Morgan fingerprint density at radius 2 is 1.19 bits per heavy atom. The van der Waals surface area contributed by atoms with Gasteiger partial charge in [-0.2, -0.15) is 15.0 Å². The second kappa shape index (κ2) is 18.9. The average Bonchev–Trinajstić information content (AvgIpc) is 2.76. The van der Waals surface area contributed by atoms with Gasteiger partial charge in [0.15, 0.2) is 0 Å². The molecule has 0 unspecified atom stereocenters. The molecule has 176 valence electrons. The number of ether oxygens (including phenoxy) is 1. The van der Waals surface area contributed by atoms with E-state index in [1.54, 1.807) is 0 Å². The van der Waals surface area contributed by atoms with E-state index in [2.05, 4.69) is 43.4 Å². The second-order valence-corrected chi connectivity index (χ2v) is 7.89. The van der Waals surface area contributed by atoms with Crippen LogP contribution in [0, 0.1) is 23.7 Å². The summed E-state index contributed by atoms with van der Waals surface area (Å²) in [5.41, 5.74) is 11.1. The molecule has 0 radical (unpaired) electrons. The number of anilines is 2. The van der Waals surface area contributed by atoms with Crippen LogP contribution in [0.5, 0.6) is 0 Å². The fourth-order valence-corrected chi connectivity index (χ4v) is 3.28. The van der Waals surface area contributed by atoms with E-state index in [0.717, 1.165) is 57.8 Å². The van der Waals surface area contributed by atoms with Gasteiger partial charge in [-0.15, -0.1) is 0 Å². The molecule has 1 aromatic heterocycles. The standard InChI is InChI=1S/C25H39N5O2/c1-32-23(31)21-19-17-15-13-11-9-7-5-3-2-4-6-8-10-12-14-16-18-20-22-28-24(26)30-25(27)29-22/h6-21H2,1H3,(H4,26,27,28,29,30). The van der Waals surface area contributed by atoms with Crippen molar-refractivity contribution in [3.63, 3.8) is 0 Å². The Bertz CT molecular complexity index is 754. The van der Waals surface area contributed by atoms with Crippen molar-refractivity contribution >= 4 is 17.9 Å². The fourth-order valence-electron chi connectivity index (χ4n) is 3.28. The number of nitrogen functional groups attached to an aromatic ring is 2. The van der Waals surface area contributed by atoms with Crippen molar-refractivity contribution in [1.82, 2.24) is 15.0 Å². The number of aryl methyl sites for hydroxylation is 1. The number of carbonyl (C=O) groups excluding carboxylic acids is 1. The summed E-state index contributed by atoms with van der Waals surface area (Å²) in [4.78, 5) is 23.0. The van der Waals surface area contributed by atoms with Gasteiger partial charge in [-0.25, -0.2) is 0 Å². The molecule has 4 N–H and O–H groups in total. The first-order valence-corrected chi connectivity index (χ1v) is 11.9. The minimum absolute atomic E-state index is 0.108. The van der Waals surface area contributed by atoms with Gasteiger partial charge in [0.2, 0.25) is 11.9 Å². The third-order valence-corrected chi connectivity index (χ3v) is 5.07. The van der Waals surface area contributed by atoms with Crippen LogP contribution in [0.1, 0.15) is 102 Å². The van der Waals surface area contributed by atoms with Crippen LogP contribution in [-0.4, -0.2) is 28.0 Å². The molecule has 0 amide bonds. The highest BCUT2D eigenvalue weighted by molar-refractivity contribution is 5.68. The van der Waals surface area contributed by atoms with Gasteiger partial charge in [0.25, 0.3) is 0 Å². The zero-order chi connectivity index (χ0) is 23.3. The molecule has 0 saturated carbocycles. The van der Waals surface area contributed by atoms with E-state index < -0.39 is 0 Å². The summed E-state index contributed by atoms with van der Waals surface area (Å²) in [5, 5.41) is 0. The fraction of sp³-hybridized carbons (Fsp3) is 0.680. The third kappa shape index (κ3) is 16.0. The predicted molar refractivity (Wildman–Crippen MR) is 129 cm³/mol. The predicted octanol–water partition coefficient (Wildman–Crippen LogP) is 4.61. The summed E-state index contributed by atoms with van der Waals surface area (Å²) in [7, 11) is 1.44. The van der Waals surface area contributed by atoms with Crippen LogP contribution in [-0.2, 0) is 16.0 Å². The van der Waals surface area contributed by atoms with Gasteiger partial charge in [0.1, 0.15) is 5.82 Å². The number of methoxy groups -OCH3 is 1. The molecule has 1 aromatic rings. The summed E-state index contributed by atoms with van der Waals surface area (Å²) < 4.78 is 4.63. The molecule has 32 heavy (non-hydrogen) atoms. The van der Waals surface area contributed by atoms with Gasteiger partial charge in [-0.3, -0.25) is 4.79 Å². The number of nitrogens with zero attached hydrogens (tertiary/aromatic N) is 3. The van der Waals surface area contributed by atoms with E-state index in [1.165, 1.54) is 45.6 Å². The molecular weight excluding hydrogens is 402 g/mol. The smallest absolute Gasteiger partial charge is 0.305 e. The normalized spacial score (nSPS) is 10.0. The Labute approximate surface area is 193 Å². The average molecular weight is 442 g/mol. The Balaban J connectivity index is 1.87. The van der Waals surface area contributed by atoms with E-state index in [-0.39, 0.29) is 17.9 Å². The summed E-state index contributed by atoms with van der Waals surface area (Å²) >= 11 is 0. The van der Waals surface area contributed by atoms with E-state index in [1.807, 2.05) is 0 Å². The van der Waals surface area contributed by atoms with E-state index in [0.29, 0.717) is 12.2 Å². The van der Waals surface area contributed by atoms with Gasteiger partial charge < -0.3 is 16.2 Å². The molecule has 0 saturated heterocycles. The third-order valence-electron chi connectivity index (χ3n) is 5.07. The maximum absolute atomic E-state index is 11.0. The van der Waals surface area contributed by atoms with Gasteiger partial charge in [0, 0.05) is 25.7 Å². The van der Waals surface area contributed by atoms with Crippen LogP contribution in [0.25, 0.3) is 0 Å². The maximum Gasteiger partial charge on any atom is 0.305 e. The largest absolute Gasteiger partial charge is 0.469 e. The lowest BCUT2D eigenvalue weighted by molar-refractivity contribution is -0.140. The highest BCUT2D eigenvalue weighted by Gasteiger charge is 2.01. The van der Waals surface area contributed by atoms with Crippen molar-refractivity contribution in [2.45, 2.75) is 103 Å². The monoisotopic (exact) mass is 441 g/mol. The number of rotatable bonds is 16. The van der Waals surface area contributed by atoms with Crippen LogP contribution in [0.2, 0.25) is 0 Å². The molecule has 0 aliphatic rings. The van der Waals surface area contributed by atoms with Crippen LogP contribution < -0.4 is 11.5 Å². The molecule has 7 heteroatoms. The topological polar surface area (TPSA) is 117 Å². The molecule has 1 rings (SSSR count). The van der Waals surface area contributed by atoms with Crippen LogP contribution in [0.3, 0.4) is 0 Å². The van der Waals surface area contributed by atoms with Crippen molar-refractivity contribution in [3.8, 4) is 23.7 Å². The number of nitrogens with two attached hydrogens (primary N) is 2. The molecule has 0 bridgehead atoms. The molecule has 0 aliphatic heterocycles. The van der Waals surface area contributed by atoms with Crippen molar-refractivity contribution in [2.24, 2.45) is 0 Å². The molecule has 0 aromatic carbocycles. The van der Waals surface area contributed by atoms with E-state index >= 15 is 0 Å². The minimum atomic E-state index is -0.108. The van der Waals surface area contributed by atoms with Crippen molar-refractivity contribution in [3.05, 3.63) is 5.82 Å². The molecule has 0 aliphatic carbocycles. The first-order valence-electron chi connectivity index (χ1n) is 11.9. The summed E-state index contributed by atoms with van der Waals surface area (Å²) in [6, 6.07) is 0. The van der Waals surface area contributed by atoms with E-state index in [9.17, 15) is 4.79 Å². The van der Waals surface area contributed by atoms with Crippen molar-refractivity contribution < 1.29 is 9.53 Å². The molecule has 0 atom stereocenters. The summed E-state index contributed by atoms with van der Waals surface area (Å²) in [6.45, 7) is 0. The van der Waals surface area contributed by atoms with Crippen LogP contribution in [0.4, 0.5) is 11.9 Å². The van der Waals surface area contributed by atoms with Crippen molar-refractivity contribution in [1.29, 1.82) is 0 Å². The van der Waals surface area contributed by atoms with Gasteiger partial charge in [-0.1, -0.05) is 63.2 Å². The SMILES string of the molecule is COC(=O)CCCCCCCCC#CC#CCCCCCCCCc1nc(N)nc(N)n1. The van der Waals surface area contributed by atoms with Gasteiger partial charge in [0.05, 0.1) is 7.11 Å². The zero-order valence-electron chi connectivity index (χ0n) is 19.6. The quantitative estimate of drug-likeness (QED) is 0.218. The molecule has 7 nitrogen and oxygen atoms in total. The Morgan fingerprint density at radius 3 is 1.72 bits per heavy atom. The Hall–Kier alpha value is -2.80. The summed E-state index contributed by atoms with van der Waals surface area (Å²) in [5.74, 6) is 13.2. The molecule has 0 spiro atoms. The molecule has 0 fully saturated rings. The van der Waals surface area contributed by atoms with Crippen LogP contribution in [0.15, 0.2) is 0 Å². The van der Waals surface area contributed by atoms with Gasteiger partial charge >= 0.3 is 5.97 Å². The Kier molecular flexibility index (Phi) is 16.1. The maximum atomic E-state index is 11.0.